The lowest BCUT2D eigenvalue weighted by Crippen LogP contribution is -2.66. The van der Waals surface area contributed by atoms with Gasteiger partial charge in [-0.05, 0) is 25.0 Å². The summed E-state index contributed by atoms with van der Waals surface area (Å²) in [7, 11) is 0. The van der Waals surface area contributed by atoms with Gasteiger partial charge in [0.2, 0.25) is 6.29 Å². The van der Waals surface area contributed by atoms with Gasteiger partial charge in [-0.3, -0.25) is 10.1 Å². The number of fused-ring (bicyclic) bond motifs is 1. The molecule has 3 fully saturated rings. The normalized spacial score (nSPS) is 35.4. The highest BCUT2D eigenvalue weighted by molar-refractivity contribution is 5.36. The molecule has 3 aliphatic rings. The molecule has 0 amide bonds. The first-order chi connectivity index (χ1) is 13.0. The second-order valence-corrected chi connectivity index (χ2v) is 7.26. The monoisotopic (exact) mass is 381 g/mol. The van der Waals surface area contributed by atoms with E-state index >= 15 is 0 Å². The SMILES string of the molecule is O=[N+]([O-])c1ccc(O[C@@H]2O[C@H]3COC4(CCCCC4)O[C@H]3[C@H](O)[C@H]2O)cc1. The summed E-state index contributed by atoms with van der Waals surface area (Å²) < 4.78 is 23.3. The molecule has 27 heavy (non-hydrogen) atoms. The van der Waals surface area contributed by atoms with Crippen LogP contribution in [-0.2, 0) is 14.2 Å². The number of hydrogen-bond acceptors (Lipinski definition) is 8. The molecule has 1 aromatic rings. The lowest BCUT2D eigenvalue weighted by molar-refractivity contribution is -0.388. The summed E-state index contributed by atoms with van der Waals surface area (Å²) in [6.45, 7) is 0.245. The average Bonchev–Trinajstić information content (AvgIpc) is 2.68. The van der Waals surface area contributed by atoms with Gasteiger partial charge in [-0.2, -0.15) is 0 Å². The molecule has 5 atom stereocenters. The maximum Gasteiger partial charge on any atom is 0.269 e. The van der Waals surface area contributed by atoms with Crippen molar-refractivity contribution in [3.63, 3.8) is 0 Å². The fraction of sp³-hybridized carbons (Fsp3) is 0.667. The molecule has 2 heterocycles. The van der Waals surface area contributed by atoms with E-state index in [1.54, 1.807) is 0 Å². The number of aliphatic hydroxyl groups excluding tert-OH is 2. The summed E-state index contributed by atoms with van der Waals surface area (Å²) in [6, 6.07) is 5.42. The molecule has 1 aromatic carbocycles. The van der Waals surface area contributed by atoms with E-state index in [2.05, 4.69) is 0 Å². The Morgan fingerprint density at radius 3 is 2.48 bits per heavy atom. The zero-order chi connectivity index (χ0) is 19.0. The van der Waals surface area contributed by atoms with Crippen LogP contribution in [0, 0.1) is 10.1 Å². The van der Waals surface area contributed by atoms with Crippen LogP contribution in [0.15, 0.2) is 24.3 Å². The van der Waals surface area contributed by atoms with E-state index < -0.39 is 41.4 Å². The number of hydrogen-bond donors (Lipinski definition) is 2. The van der Waals surface area contributed by atoms with Gasteiger partial charge in [-0.15, -0.1) is 0 Å². The van der Waals surface area contributed by atoms with E-state index in [-0.39, 0.29) is 18.0 Å². The predicted molar refractivity (Wildman–Crippen MR) is 91.0 cm³/mol. The maximum atomic E-state index is 10.7. The van der Waals surface area contributed by atoms with Crippen LogP contribution in [0.25, 0.3) is 0 Å². The molecule has 1 spiro atoms. The summed E-state index contributed by atoms with van der Waals surface area (Å²) in [5, 5.41) is 31.7. The Morgan fingerprint density at radius 2 is 1.81 bits per heavy atom. The van der Waals surface area contributed by atoms with E-state index in [1.807, 2.05) is 0 Å². The Morgan fingerprint density at radius 1 is 1.11 bits per heavy atom. The van der Waals surface area contributed by atoms with Gasteiger partial charge in [0.05, 0.1) is 11.5 Å². The van der Waals surface area contributed by atoms with Gasteiger partial charge >= 0.3 is 0 Å². The Bertz CT molecular complexity index is 672. The van der Waals surface area contributed by atoms with Crippen molar-refractivity contribution in [1.82, 2.24) is 0 Å². The molecular weight excluding hydrogens is 358 g/mol. The Balaban J connectivity index is 1.43. The lowest BCUT2D eigenvalue weighted by atomic mass is 9.90. The van der Waals surface area contributed by atoms with Crippen LogP contribution in [0.4, 0.5) is 5.69 Å². The molecule has 1 aliphatic carbocycles. The van der Waals surface area contributed by atoms with Gasteiger partial charge in [-0.1, -0.05) is 6.42 Å². The minimum Gasteiger partial charge on any atom is -0.462 e. The van der Waals surface area contributed by atoms with E-state index in [4.69, 9.17) is 18.9 Å². The summed E-state index contributed by atoms with van der Waals surface area (Å²) in [6.07, 6.45) is -0.225. The third-order valence-corrected chi connectivity index (χ3v) is 5.42. The van der Waals surface area contributed by atoms with Crippen molar-refractivity contribution < 1.29 is 34.1 Å². The van der Waals surface area contributed by atoms with Crippen molar-refractivity contribution in [2.24, 2.45) is 0 Å². The van der Waals surface area contributed by atoms with Crippen LogP contribution >= 0.6 is 0 Å². The fourth-order valence-corrected chi connectivity index (χ4v) is 3.93. The number of nitrogens with zero attached hydrogens (tertiary/aromatic N) is 1. The summed E-state index contributed by atoms with van der Waals surface area (Å²) in [4.78, 5) is 10.2. The Kier molecular flexibility index (Phi) is 5.04. The highest BCUT2D eigenvalue weighted by Gasteiger charge is 2.53. The van der Waals surface area contributed by atoms with Crippen LogP contribution in [0.1, 0.15) is 32.1 Å². The van der Waals surface area contributed by atoms with E-state index in [9.17, 15) is 20.3 Å². The molecule has 2 N–H and O–H groups in total. The van der Waals surface area contributed by atoms with Crippen molar-refractivity contribution in [3.05, 3.63) is 34.4 Å². The van der Waals surface area contributed by atoms with Gasteiger partial charge < -0.3 is 29.2 Å². The standard InChI is InChI=1S/C18H23NO8/c20-14-15(21)17(25-12-6-4-11(5-7-12)19(22)23)26-13-10-24-18(27-16(13)14)8-2-1-3-9-18/h4-7,13-17,20-21H,1-3,8-10H2/t13-,14+,15+,16+,17+/m0/s1. The van der Waals surface area contributed by atoms with Crippen LogP contribution in [0.3, 0.4) is 0 Å². The number of ether oxygens (including phenoxy) is 4. The van der Waals surface area contributed by atoms with Crippen LogP contribution in [-0.4, -0.2) is 58.2 Å². The number of nitro groups is 1. The molecule has 4 rings (SSSR count). The number of non-ortho nitro benzene ring substituents is 1. The zero-order valence-electron chi connectivity index (χ0n) is 14.7. The molecule has 9 nitrogen and oxygen atoms in total. The molecular formula is C18H23NO8. The summed E-state index contributed by atoms with van der Waals surface area (Å²) >= 11 is 0. The first-order valence-electron chi connectivity index (χ1n) is 9.22. The van der Waals surface area contributed by atoms with Crippen molar-refractivity contribution >= 4 is 5.69 Å². The first kappa shape index (κ1) is 18.6. The minimum absolute atomic E-state index is 0.0700. The highest BCUT2D eigenvalue weighted by Crippen LogP contribution is 2.40. The minimum atomic E-state index is -1.32. The molecule has 148 valence electrons. The number of rotatable bonds is 3. The highest BCUT2D eigenvalue weighted by atomic mass is 16.8. The zero-order valence-corrected chi connectivity index (χ0v) is 14.7. The van der Waals surface area contributed by atoms with Gasteiger partial charge in [-0.25, -0.2) is 0 Å². The fourth-order valence-electron chi connectivity index (χ4n) is 3.93. The van der Waals surface area contributed by atoms with Crippen molar-refractivity contribution in [2.45, 2.75) is 68.6 Å². The van der Waals surface area contributed by atoms with Crippen molar-refractivity contribution in [2.75, 3.05) is 6.61 Å². The second kappa shape index (κ2) is 7.33. The number of benzene rings is 1. The quantitative estimate of drug-likeness (QED) is 0.597. The van der Waals surface area contributed by atoms with Gasteiger partial charge in [0.25, 0.3) is 5.69 Å². The Hall–Kier alpha value is -1.78. The molecule has 0 unspecified atom stereocenters. The van der Waals surface area contributed by atoms with Gasteiger partial charge in [0.15, 0.2) is 5.79 Å². The van der Waals surface area contributed by atoms with Gasteiger partial charge in [0, 0.05) is 25.0 Å². The van der Waals surface area contributed by atoms with Crippen LogP contribution in [0.2, 0.25) is 0 Å². The molecule has 1 saturated carbocycles. The average molecular weight is 381 g/mol. The third-order valence-electron chi connectivity index (χ3n) is 5.42. The number of aliphatic hydroxyl groups is 2. The van der Waals surface area contributed by atoms with E-state index in [0.29, 0.717) is 0 Å². The summed E-state index contributed by atoms with van der Waals surface area (Å²) in [5.74, 6) is -0.410. The Labute approximate surface area is 155 Å². The maximum absolute atomic E-state index is 10.7. The van der Waals surface area contributed by atoms with Crippen molar-refractivity contribution in [3.8, 4) is 5.75 Å². The summed E-state index contributed by atoms with van der Waals surface area (Å²) in [5.41, 5.74) is -0.0700. The molecule has 0 radical (unpaired) electrons. The van der Waals surface area contributed by atoms with Crippen LogP contribution < -0.4 is 4.74 Å². The predicted octanol–water partition coefficient (Wildman–Crippen LogP) is 1.50. The topological polar surface area (TPSA) is 121 Å². The van der Waals surface area contributed by atoms with Crippen molar-refractivity contribution in [1.29, 1.82) is 0 Å². The number of nitro benzene ring substituents is 1. The third kappa shape index (κ3) is 3.65. The second-order valence-electron chi connectivity index (χ2n) is 7.26. The van der Waals surface area contributed by atoms with Gasteiger partial charge in [0.1, 0.15) is 30.2 Å². The van der Waals surface area contributed by atoms with E-state index in [1.165, 1.54) is 24.3 Å². The molecule has 2 aliphatic heterocycles. The van der Waals surface area contributed by atoms with Crippen LogP contribution in [0.5, 0.6) is 5.75 Å². The largest absolute Gasteiger partial charge is 0.462 e. The molecule has 2 saturated heterocycles. The smallest absolute Gasteiger partial charge is 0.269 e. The molecule has 0 bridgehead atoms. The van der Waals surface area contributed by atoms with E-state index in [0.717, 1.165) is 32.1 Å². The molecule has 0 aromatic heterocycles. The molecule has 9 heteroatoms. The lowest BCUT2D eigenvalue weighted by Gasteiger charge is -2.51. The first-order valence-corrected chi connectivity index (χ1v) is 9.22.